The van der Waals surface area contributed by atoms with Crippen LogP contribution >= 0.6 is 22.7 Å². The van der Waals surface area contributed by atoms with E-state index in [9.17, 15) is 23.2 Å². The van der Waals surface area contributed by atoms with Crippen molar-refractivity contribution < 1.29 is 27.8 Å². The molecule has 3 heterocycles. The number of thiophene rings is 2. The molecule has 0 saturated heterocycles. The predicted molar refractivity (Wildman–Crippen MR) is 147 cm³/mol. The number of ether oxygens (including phenoxy) is 2. The molecule has 200 valence electrons. The van der Waals surface area contributed by atoms with Gasteiger partial charge in [0, 0.05) is 15.1 Å². The van der Waals surface area contributed by atoms with Crippen LogP contribution in [0.2, 0.25) is 0 Å². The van der Waals surface area contributed by atoms with Crippen LogP contribution in [0.25, 0.3) is 31.0 Å². The number of carbonyl (C=O) groups excluding carboxylic acids is 2. The number of esters is 2. The van der Waals surface area contributed by atoms with E-state index in [4.69, 9.17) is 9.47 Å². The van der Waals surface area contributed by atoms with E-state index in [-0.39, 0.29) is 35.5 Å². The van der Waals surface area contributed by atoms with E-state index in [0.717, 1.165) is 20.9 Å². The van der Waals surface area contributed by atoms with Crippen molar-refractivity contribution in [2.45, 2.75) is 13.8 Å². The van der Waals surface area contributed by atoms with Gasteiger partial charge < -0.3 is 9.47 Å². The number of H-pyrrole nitrogens is 1. The number of aromatic amines is 1. The second-order valence-electron chi connectivity index (χ2n) is 7.91. The molecule has 39 heavy (non-hydrogen) atoms. The Labute approximate surface area is 229 Å². The summed E-state index contributed by atoms with van der Waals surface area (Å²) in [6.07, 6.45) is 0. The maximum atomic E-state index is 13.0. The molecule has 0 radical (unpaired) electrons. The van der Waals surface area contributed by atoms with Crippen LogP contribution in [0.15, 0.2) is 70.8 Å². The number of hydrogen-bond acceptors (Lipinski definition) is 8. The minimum absolute atomic E-state index is 0.0785. The van der Waals surface area contributed by atoms with Crippen LogP contribution in [-0.4, -0.2) is 35.3 Å². The Balaban J connectivity index is 0.000000187. The first-order valence-electron chi connectivity index (χ1n) is 11.8. The Hall–Kier alpha value is -4.22. The summed E-state index contributed by atoms with van der Waals surface area (Å²) in [4.78, 5) is 36.9. The van der Waals surface area contributed by atoms with Crippen LogP contribution < -0.4 is 5.56 Å². The SMILES string of the molecule is CCOC(=O)c1csc(-c2ccc(F)cc2)c1.CCOC(=O)c1n[nH]c(=O)c2cc(-c3ccc(F)cc3)sc12. The molecule has 0 spiro atoms. The van der Waals surface area contributed by atoms with Gasteiger partial charge in [-0.2, -0.15) is 5.10 Å². The quantitative estimate of drug-likeness (QED) is 0.229. The van der Waals surface area contributed by atoms with Crippen LogP contribution in [0.4, 0.5) is 8.78 Å². The summed E-state index contributed by atoms with van der Waals surface area (Å²) in [5.41, 5.74) is 1.89. The lowest BCUT2D eigenvalue weighted by atomic mass is 10.1. The van der Waals surface area contributed by atoms with Gasteiger partial charge in [-0.3, -0.25) is 4.79 Å². The highest BCUT2D eigenvalue weighted by Crippen LogP contribution is 2.33. The van der Waals surface area contributed by atoms with Gasteiger partial charge in [0.2, 0.25) is 0 Å². The van der Waals surface area contributed by atoms with Crippen molar-refractivity contribution in [3.05, 3.63) is 99.3 Å². The summed E-state index contributed by atoms with van der Waals surface area (Å²) < 4.78 is 36.1. The second-order valence-corrected chi connectivity index (χ2v) is 9.87. The second kappa shape index (κ2) is 12.5. The lowest BCUT2D eigenvalue weighted by Gasteiger charge is -2.00. The maximum Gasteiger partial charge on any atom is 0.360 e. The van der Waals surface area contributed by atoms with E-state index in [1.54, 1.807) is 55.6 Å². The fraction of sp³-hybridized carbons (Fsp3) is 0.143. The van der Waals surface area contributed by atoms with Gasteiger partial charge in [0.05, 0.1) is 28.9 Å². The minimum Gasteiger partial charge on any atom is -0.462 e. The van der Waals surface area contributed by atoms with Crippen molar-refractivity contribution in [2.75, 3.05) is 13.2 Å². The summed E-state index contributed by atoms with van der Waals surface area (Å²) in [6.45, 7) is 4.04. The molecule has 7 nitrogen and oxygen atoms in total. The molecule has 0 atom stereocenters. The number of nitrogens with zero attached hydrogens (tertiary/aromatic N) is 1. The molecule has 2 aromatic carbocycles. The molecule has 0 aliphatic heterocycles. The highest BCUT2D eigenvalue weighted by atomic mass is 32.1. The zero-order chi connectivity index (χ0) is 27.9. The standard InChI is InChI=1S/C15H11FN2O3S.C13H11FO2S/c1-2-21-15(20)12-13-10(14(19)18-17-12)7-11(22-13)8-3-5-9(16)6-4-8;1-2-16-13(15)10-7-12(17-8-10)9-3-5-11(14)6-4-9/h3-7H,2H2,1H3,(H,18,19);3-8H,2H2,1H3. The third-order valence-corrected chi connectivity index (χ3v) is 7.47. The van der Waals surface area contributed by atoms with E-state index >= 15 is 0 Å². The zero-order valence-corrected chi connectivity index (χ0v) is 22.5. The van der Waals surface area contributed by atoms with Crippen molar-refractivity contribution in [1.29, 1.82) is 0 Å². The molecule has 0 fully saturated rings. The number of aromatic nitrogens is 2. The summed E-state index contributed by atoms with van der Waals surface area (Å²) in [5.74, 6) is -1.51. The predicted octanol–water partition coefficient (Wildman–Crippen LogP) is 6.70. The molecule has 0 bridgehead atoms. The number of halogens is 2. The van der Waals surface area contributed by atoms with Gasteiger partial charge in [-0.15, -0.1) is 22.7 Å². The fourth-order valence-electron chi connectivity index (χ4n) is 3.47. The first-order chi connectivity index (χ1) is 18.8. The van der Waals surface area contributed by atoms with Crippen LogP contribution in [-0.2, 0) is 9.47 Å². The highest BCUT2D eigenvalue weighted by molar-refractivity contribution is 7.22. The van der Waals surface area contributed by atoms with Gasteiger partial charge in [-0.05, 0) is 61.4 Å². The third-order valence-electron chi connectivity index (χ3n) is 5.30. The highest BCUT2D eigenvalue weighted by Gasteiger charge is 2.18. The van der Waals surface area contributed by atoms with Crippen molar-refractivity contribution in [3.63, 3.8) is 0 Å². The van der Waals surface area contributed by atoms with Crippen LogP contribution in [0.3, 0.4) is 0 Å². The zero-order valence-electron chi connectivity index (χ0n) is 20.8. The normalized spacial score (nSPS) is 10.6. The lowest BCUT2D eigenvalue weighted by molar-refractivity contribution is 0.0514. The topological polar surface area (TPSA) is 98.3 Å². The third kappa shape index (κ3) is 6.62. The molecular weight excluding hydrogens is 546 g/mol. The lowest BCUT2D eigenvalue weighted by Crippen LogP contribution is -2.14. The molecule has 1 N–H and O–H groups in total. The van der Waals surface area contributed by atoms with Crippen molar-refractivity contribution >= 4 is 44.7 Å². The molecule has 0 amide bonds. The molecule has 0 aliphatic rings. The van der Waals surface area contributed by atoms with Crippen molar-refractivity contribution in [2.24, 2.45) is 0 Å². The fourth-order valence-corrected chi connectivity index (χ4v) is 5.49. The van der Waals surface area contributed by atoms with E-state index in [2.05, 4.69) is 10.2 Å². The number of hydrogen-bond donors (Lipinski definition) is 1. The molecule has 5 rings (SSSR count). The Morgan fingerprint density at radius 3 is 2.00 bits per heavy atom. The Morgan fingerprint density at radius 2 is 1.41 bits per heavy atom. The van der Waals surface area contributed by atoms with Crippen LogP contribution in [0, 0.1) is 11.6 Å². The number of carbonyl (C=O) groups is 2. The summed E-state index contributed by atoms with van der Waals surface area (Å²) in [5, 5.41) is 8.19. The maximum absolute atomic E-state index is 13.0. The molecule has 0 saturated carbocycles. The van der Waals surface area contributed by atoms with Crippen molar-refractivity contribution in [1.82, 2.24) is 10.2 Å². The molecular formula is C28H22F2N2O5S2. The summed E-state index contributed by atoms with van der Waals surface area (Å²) in [7, 11) is 0. The van der Waals surface area contributed by atoms with Crippen LogP contribution in [0.1, 0.15) is 34.7 Å². The number of nitrogens with one attached hydrogen (secondary N) is 1. The number of benzene rings is 2. The first-order valence-corrected chi connectivity index (χ1v) is 13.5. The van der Waals surface area contributed by atoms with Gasteiger partial charge in [0.15, 0.2) is 5.69 Å². The van der Waals surface area contributed by atoms with E-state index < -0.39 is 5.97 Å². The molecule has 0 unspecified atom stereocenters. The largest absolute Gasteiger partial charge is 0.462 e. The van der Waals surface area contributed by atoms with Gasteiger partial charge in [-0.25, -0.2) is 23.5 Å². The average Bonchev–Trinajstić information content (AvgIpc) is 3.60. The Kier molecular flexibility index (Phi) is 8.95. The monoisotopic (exact) mass is 568 g/mol. The first kappa shape index (κ1) is 27.8. The summed E-state index contributed by atoms with van der Waals surface area (Å²) >= 11 is 2.68. The number of fused-ring (bicyclic) bond motifs is 1. The molecule has 0 aliphatic carbocycles. The molecule has 3 aromatic heterocycles. The smallest absolute Gasteiger partial charge is 0.360 e. The van der Waals surface area contributed by atoms with E-state index in [1.807, 2.05) is 0 Å². The molecule has 5 aromatic rings. The Bertz CT molecular complexity index is 1660. The average molecular weight is 569 g/mol. The van der Waals surface area contributed by atoms with Gasteiger partial charge in [-0.1, -0.05) is 24.3 Å². The van der Waals surface area contributed by atoms with Gasteiger partial charge in [0.1, 0.15) is 11.6 Å². The number of rotatable bonds is 6. The minimum atomic E-state index is -0.587. The van der Waals surface area contributed by atoms with Gasteiger partial charge >= 0.3 is 11.9 Å². The van der Waals surface area contributed by atoms with Gasteiger partial charge in [0.25, 0.3) is 5.56 Å². The van der Waals surface area contributed by atoms with E-state index in [0.29, 0.717) is 22.3 Å². The van der Waals surface area contributed by atoms with E-state index in [1.165, 1.54) is 46.9 Å². The molecule has 11 heteroatoms. The van der Waals surface area contributed by atoms with Crippen molar-refractivity contribution in [3.8, 4) is 20.9 Å². The Morgan fingerprint density at radius 1 is 0.846 bits per heavy atom. The van der Waals surface area contributed by atoms with Crippen LogP contribution in [0.5, 0.6) is 0 Å². The summed E-state index contributed by atoms with van der Waals surface area (Å²) in [6, 6.07) is 15.5.